The number of hydrogen-bond acceptors (Lipinski definition) is 7. The van der Waals surface area contributed by atoms with Crippen molar-refractivity contribution < 1.29 is 4.79 Å². The van der Waals surface area contributed by atoms with Crippen LogP contribution in [-0.4, -0.2) is 20.9 Å². The van der Waals surface area contributed by atoms with Gasteiger partial charge in [0, 0.05) is 11.1 Å². The highest BCUT2D eigenvalue weighted by Crippen LogP contribution is 2.30. The molecule has 2 aromatic carbocycles. The number of thiazole rings is 1. The van der Waals surface area contributed by atoms with E-state index in [0.29, 0.717) is 48.0 Å². The van der Waals surface area contributed by atoms with Gasteiger partial charge in [-0.15, -0.1) is 0 Å². The largest absolute Gasteiger partial charge is 0.298 e. The molecular formula is C20H9BrN6OS. The second-order valence-electron chi connectivity index (χ2n) is 5.82. The van der Waals surface area contributed by atoms with E-state index in [4.69, 9.17) is 0 Å². The number of hydrogen-bond donors (Lipinski definition) is 1. The molecule has 0 aliphatic rings. The van der Waals surface area contributed by atoms with Crippen LogP contribution < -0.4 is 5.32 Å². The van der Waals surface area contributed by atoms with Gasteiger partial charge in [0.05, 0.1) is 29.5 Å². The molecule has 0 aliphatic carbocycles. The van der Waals surface area contributed by atoms with Crippen molar-refractivity contribution in [1.29, 1.82) is 10.5 Å². The van der Waals surface area contributed by atoms with Crippen LogP contribution in [-0.2, 0) is 0 Å². The van der Waals surface area contributed by atoms with Gasteiger partial charge in [0.2, 0.25) is 0 Å². The summed E-state index contributed by atoms with van der Waals surface area (Å²) < 4.78 is 0.578. The molecule has 4 rings (SSSR count). The minimum absolute atomic E-state index is 0.327. The van der Waals surface area contributed by atoms with Crippen molar-refractivity contribution in [1.82, 2.24) is 15.0 Å². The van der Waals surface area contributed by atoms with Crippen molar-refractivity contribution in [3.8, 4) is 23.3 Å². The molecule has 29 heavy (non-hydrogen) atoms. The molecule has 0 unspecified atom stereocenters. The molecular weight excluding hydrogens is 452 g/mol. The third-order valence-corrected chi connectivity index (χ3v) is 5.28. The number of carbonyl (C=O) groups excluding carboxylic acids is 1. The number of nitrogens with one attached hydrogen (secondary N) is 1. The van der Waals surface area contributed by atoms with Crippen LogP contribution in [0.2, 0.25) is 0 Å². The Labute approximate surface area is 177 Å². The average Bonchev–Trinajstić information content (AvgIpc) is 3.14. The molecule has 138 valence electrons. The van der Waals surface area contributed by atoms with E-state index in [1.54, 1.807) is 42.5 Å². The van der Waals surface area contributed by atoms with E-state index in [-0.39, 0.29) is 0 Å². The Morgan fingerprint density at radius 3 is 2.69 bits per heavy atom. The minimum Gasteiger partial charge on any atom is -0.298 e. The van der Waals surface area contributed by atoms with Gasteiger partial charge in [0.1, 0.15) is 4.60 Å². The monoisotopic (exact) mass is 460 g/mol. The van der Waals surface area contributed by atoms with Crippen LogP contribution in [0.25, 0.3) is 21.6 Å². The molecule has 0 spiro atoms. The molecule has 2 aromatic heterocycles. The highest BCUT2D eigenvalue weighted by atomic mass is 79.9. The molecule has 9 heteroatoms. The molecule has 1 amide bonds. The zero-order valence-electron chi connectivity index (χ0n) is 14.5. The first kappa shape index (κ1) is 18.7. The number of anilines is 1. The van der Waals surface area contributed by atoms with Gasteiger partial charge in [0.25, 0.3) is 5.91 Å². The first-order valence-electron chi connectivity index (χ1n) is 8.23. The Balaban J connectivity index is 1.76. The maximum atomic E-state index is 13.0. The van der Waals surface area contributed by atoms with E-state index in [1.807, 2.05) is 0 Å². The molecule has 0 radical (unpaired) electrons. The molecule has 1 N–H and O–H groups in total. The Morgan fingerprint density at radius 2 is 1.90 bits per heavy atom. The molecule has 0 saturated heterocycles. The van der Waals surface area contributed by atoms with Gasteiger partial charge < -0.3 is 0 Å². The summed E-state index contributed by atoms with van der Waals surface area (Å²) in [6, 6.07) is 15.9. The fourth-order valence-corrected chi connectivity index (χ4v) is 3.96. The Kier molecular flexibility index (Phi) is 5.00. The third kappa shape index (κ3) is 3.69. The average molecular weight is 461 g/mol. The molecule has 2 heterocycles. The number of aromatic nitrogens is 3. The molecule has 0 fully saturated rings. The van der Waals surface area contributed by atoms with E-state index < -0.39 is 5.91 Å². The van der Waals surface area contributed by atoms with Gasteiger partial charge in [-0.1, -0.05) is 29.5 Å². The summed E-state index contributed by atoms with van der Waals surface area (Å²) in [4.78, 5) is 26.3. The second-order valence-corrected chi connectivity index (χ2v) is 7.61. The molecule has 0 bridgehead atoms. The zero-order valence-corrected chi connectivity index (χ0v) is 17.0. The molecule has 4 aromatic rings. The summed E-state index contributed by atoms with van der Waals surface area (Å²) in [6.45, 7) is 0. The van der Waals surface area contributed by atoms with Crippen molar-refractivity contribution in [3.63, 3.8) is 0 Å². The number of nitrogens with zero attached hydrogens (tertiary/aromatic N) is 5. The van der Waals surface area contributed by atoms with Crippen LogP contribution in [0.15, 0.2) is 53.3 Å². The predicted octanol–water partition coefficient (Wildman–Crippen LogP) is 4.51. The number of carbonyl (C=O) groups is 1. The Hall–Kier alpha value is -3.66. The van der Waals surface area contributed by atoms with E-state index in [1.165, 1.54) is 17.5 Å². The van der Waals surface area contributed by atoms with Gasteiger partial charge >= 0.3 is 0 Å². The van der Waals surface area contributed by atoms with E-state index in [9.17, 15) is 15.3 Å². The number of nitriles is 2. The lowest BCUT2D eigenvalue weighted by Crippen LogP contribution is -2.13. The van der Waals surface area contributed by atoms with Crippen LogP contribution >= 0.6 is 27.3 Å². The van der Waals surface area contributed by atoms with E-state index in [0.717, 1.165) is 0 Å². The van der Waals surface area contributed by atoms with Crippen molar-refractivity contribution in [2.45, 2.75) is 0 Å². The van der Waals surface area contributed by atoms with Crippen molar-refractivity contribution in [3.05, 3.63) is 70.0 Å². The SMILES string of the molecule is N#Cc1ccc(C(=O)Nc2nc3ncc(Br)nc3s2)c(-c2ccccc2C#N)c1. The number of rotatable bonds is 3. The fourth-order valence-electron chi connectivity index (χ4n) is 2.77. The number of fused-ring (bicyclic) bond motifs is 1. The lowest BCUT2D eigenvalue weighted by molar-refractivity contribution is 0.102. The van der Waals surface area contributed by atoms with Crippen LogP contribution in [0.3, 0.4) is 0 Å². The number of amides is 1. The van der Waals surface area contributed by atoms with Crippen molar-refractivity contribution in [2.24, 2.45) is 0 Å². The van der Waals surface area contributed by atoms with Gasteiger partial charge in [-0.05, 0) is 45.8 Å². The maximum absolute atomic E-state index is 13.0. The van der Waals surface area contributed by atoms with Crippen molar-refractivity contribution in [2.75, 3.05) is 5.32 Å². The number of benzene rings is 2. The third-order valence-electron chi connectivity index (χ3n) is 4.05. The minimum atomic E-state index is -0.407. The fraction of sp³-hybridized carbons (Fsp3) is 0. The molecule has 0 atom stereocenters. The number of halogens is 1. The highest BCUT2D eigenvalue weighted by Gasteiger charge is 2.18. The smallest absolute Gasteiger partial charge is 0.258 e. The van der Waals surface area contributed by atoms with E-state index in [2.05, 4.69) is 48.3 Å². The summed E-state index contributed by atoms with van der Waals surface area (Å²) >= 11 is 4.46. The lowest BCUT2D eigenvalue weighted by atomic mass is 9.94. The predicted molar refractivity (Wildman–Crippen MR) is 112 cm³/mol. The quantitative estimate of drug-likeness (QED) is 0.480. The topological polar surface area (TPSA) is 115 Å². The first-order chi connectivity index (χ1) is 14.1. The van der Waals surface area contributed by atoms with E-state index >= 15 is 0 Å². The summed E-state index contributed by atoms with van der Waals surface area (Å²) in [5, 5.41) is 21.8. The standard InChI is InChI=1S/C20H9BrN6OS/c21-16-10-24-17-19(25-16)29-20(26-17)27-18(28)14-6-5-11(8-22)7-15(14)13-4-2-1-3-12(13)9-23/h1-7,10H,(H,24,26,27,28). The molecule has 0 saturated carbocycles. The Bertz CT molecular complexity index is 1350. The van der Waals surface area contributed by atoms with Crippen molar-refractivity contribution >= 4 is 48.8 Å². The highest BCUT2D eigenvalue weighted by molar-refractivity contribution is 9.10. The molecule has 0 aliphatic heterocycles. The molecule has 7 nitrogen and oxygen atoms in total. The summed E-state index contributed by atoms with van der Waals surface area (Å²) in [5.74, 6) is -0.407. The summed E-state index contributed by atoms with van der Waals surface area (Å²) in [5.41, 5.74) is 2.64. The summed E-state index contributed by atoms with van der Waals surface area (Å²) in [6.07, 6.45) is 1.53. The lowest BCUT2D eigenvalue weighted by Gasteiger charge is -2.11. The zero-order chi connectivity index (χ0) is 20.4. The van der Waals surface area contributed by atoms with Gasteiger partial charge in [-0.3, -0.25) is 10.1 Å². The van der Waals surface area contributed by atoms with Crippen LogP contribution in [0.5, 0.6) is 0 Å². The van der Waals surface area contributed by atoms with Crippen LogP contribution in [0.4, 0.5) is 5.13 Å². The van der Waals surface area contributed by atoms with Gasteiger partial charge in [-0.25, -0.2) is 9.97 Å². The normalized spacial score (nSPS) is 10.3. The second kappa shape index (κ2) is 7.76. The van der Waals surface area contributed by atoms with Crippen LogP contribution in [0, 0.1) is 22.7 Å². The van der Waals surface area contributed by atoms with Crippen LogP contribution in [0.1, 0.15) is 21.5 Å². The maximum Gasteiger partial charge on any atom is 0.258 e. The Morgan fingerprint density at radius 1 is 1.07 bits per heavy atom. The first-order valence-corrected chi connectivity index (χ1v) is 9.84. The van der Waals surface area contributed by atoms with Gasteiger partial charge in [0.15, 0.2) is 15.6 Å². The summed E-state index contributed by atoms with van der Waals surface area (Å²) in [7, 11) is 0. The van der Waals surface area contributed by atoms with Gasteiger partial charge in [-0.2, -0.15) is 15.5 Å².